The van der Waals surface area contributed by atoms with E-state index in [9.17, 15) is 14.7 Å². The fraction of sp³-hybridized carbons (Fsp3) is 0.688. The van der Waals surface area contributed by atoms with Gasteiger partial charge in [-0.1, -0.05) is 44.9 Å². The van der Waals surface area contributed by atoms with E-state index in [4.69, 9.17) is 0 Å². The van der Waals surface area contributed by atoms with Crippen LogP contribution in [-0.4, -0.2) is 32.8 Å². The van der Waals surface area contributed by atoms with Gasteiger partial charge in [0.25, 0.3) is 5.56 Å². The van der Waals surface area contributed by atoms with Gasteiger partial charge in [-0.25, -0.2) is 0 Å². The van der Waals surface area contributed by atoms with Crippen LogP contribution in [0.1, 0.15) is 63.9 Å². The molecular weight excluding hydrogens is 314 g/mol. The van der Waals surface area contributed by atoms with E-state index >= 15 is 0 Å². The van der Waals surface area contributed by atoms with Crippen molar-refractivity contribution in [1.82, 2.24) is 15.3 Å². The molecule has 1 aromatic rings. The van der Waals surface area contributed by atoms with Crippen molar-refractivity contribution in [3.8, 4) is 5.88 Å². The maximum Gasteiger partial charge on any atom is 0.258 e. The van der Waals surface area contributed by atoms with Gasteiger partial charge in [0.2, 0.25) is 11.8 Å². The number of rotatable bonds is 6. The zero-order chi connectivity index (χ0) is 16.8. The Labute approximate surface area is 140 Å². The molecule has 0 bridgehead atoms. The van der Waals surface area contributed by atoms with Crippen molar-refractivity contribution in [3.05, 3.63) is 15.9 Å². The number of aromatic nitrogens is 2. The number of H-pyrrole nitrogens is 1. The summed E-state index contributed by atoms with van der Waals surface area (Å²) in [4.78, 5) is 30.7. The highest BCUT2D eigenvalue weighted by Gasteiger charge is 2.18. The van der Waals surface area contributed by atoms with Gasteiger partial charge in [0, 0.05) is 6.04 Å². The summed E-state index contributed by atoms with van der Waals surface area (Å²) in [6.45, 7) is 3.82. The molecule has 0 aliphatic heterocycles. The average molecular weight is 339 g/mol. The molecule has 0 radical (unpaired) electrons. The lowest BCUT2D eigenvalue weighted by molar-refractivity contribution is -0.119. The van der Waals surface area contributed by atoms with Crippen molar-refractivity contribution in [2.75, 3.05) is 5.75 Å². The maximum absolute atomic E-state index is 12.1. The Kier molecular flexibility index (Phi) is 6.50. The predicted octanol–water partition coefficient (Wildman–Crippen LogP) is 2.53. The number of hydrogen-bond acceptors (Lipinski definition) is 5. The molecule has 1 unspecified atom stereocenters. The van der Waals surface area contributed by atoms with E-state index < -0.39 is 0 Å². The van der Waals surface area contributed by atoms with Crippen LogP contribution in [0.3, 0.4) is 0 Å². The molecule has 3 N–H and O–H groups in total. The van der Waals surface area contributed by atoms with E-state index in [2.05, 4.69) is 15.3 Å². The number of nitrogens with one attached hydrogen (secondary N) is 2. The van der Waals surface area contributed by atoms with Crippen LogP contribution in [0.25, 0.3) is 0 Å². The number of aromatic hydroxyl groups is 1. The van der Waals surface area contributed by atoms with Gasteiger partial charge in [-0.05, 0) is 25.2 Å². The highest BCUT2D eigenvalue weighted by Crippen LogP contribution is 2.24. The first-order chi connectivity index (χ1) is 11.0. The van der Waals surface area contributed by atoms with Crippen LogP contribution in [0, 0.1) is 0 Å². The van der Waals surface area contributed by atoms with Gasteiger partial charge < -0.3 is 15.4 Å². The number of carbonyl (C=O) groups excluding carboxylic acids is 1. The van der Waals surface area contributed by atoms with E-state index in [1.165, 1.54) is 6.42 Å². The second kappa shape index (κ2) is 8.38. The lowest BCUT2D eigenvalue weighted by Crippen LogP contribution is -2.37. The molecule has 7 heteroatoms. The number of carbonyl (C=O) groups is 1. The van der Waals surface area contributed by atoms with E-state index in [0.29, 0.717) is 5.56 Å². The first-order valence-corrected chi connectivity index (χ1v) is 9.25. The number of amides is 1. The zero-order valence-corrected chi connectivity index (χ0v) is 14.5. The van der Waals surface area contributed by atoms with Crippen molar-refractivity contribution in [2.24, 2.45) is 0 Å². The SMILES string of the molecule is CCC(C)c1c(O)nc(SCC(=O)NC2CCCCC2)[nH]c1=O. The van der Waals surface area contributed by atoms with Crippen molar-refractivity contribution < 1.29 is 9.90 Å². The molecule has 2 rings (SSSR count). The third kappa shape index (κ3) is 4.99. The minimum absolute atomic E-state index is 0.0556. The number of aromatic amines is 1. The third-order valence-corrected chi connectivity index (χ3v) is 5.20. The molecule has 128 valence electrons. The quantitative estimate of drug-likeness (QED) is 0.547. The maximum atomic E-state index is 12.1. The summed E-state index contributed by atoms with van der Waals surface area (Å²) in [5.74, 6) is -0.171. The van der Waals surface area contributed by atoms with Crippen molar-refractivity contribution in [1.29, 1.82) is 0 Å². The molecule has 1 heterocycles. The molecule has 1 aliphatic carbocycles. The van der Waals surface area contributed by atoms with Crippen LogP contribution in [0.4, 0.5) is 0 Å². The molecule has 6 nitrogen and oxygen atoms in total. The lowest BCUT2D eigenvalue weighted by Gasteiger charge is -2.22. The molecule has 1 fully saturated rings. The minimum Gasteiger partial charge on any atom is -0.493 e. The fourth-order valence-electron chi connectivity index (χ4n) is 2.82. The highest BCUT2D eigenvalue weighted by atomic mass is 32.2. The molecule has 0 saturated heterocycles. The summed E-state index contributed by atoms with van der Waals surface area (Å²) in [5.41, 5.74) is -0.0226. The molecule has 1 aromatic heterocycles. The molecule has 1 atom stereocenters. The summed E-state index contributed by atoms with van der Waals surface area (Å²) < 4.78 is 0. The average Bonchev–Trinajstić information content (AvgIpc) is 2.53. The second-order valence-electron chi connectivity index (χ2n) is 6.11. The summed E-state index contributed by atoms with van der Waals surface area (Å²) in [7, 11) is 0. The smallest absolute Gasteiger partial charge is 0.258 e. The van der Waals surface area contributed by atoms with Crippen LogP contribution in [-0.2, 0) is 4.79 Å². The molecule has 0 aromatic carbocycles. The van der Waals surface area contributed by atoms with E-state index in [-0.39, 0.29) is 40.2 Å². The normalized spacial score (nSPS) is 17.0. The van der Waals surface area contributed by atoms with Gasteiger partial charge in [0.15, 0.2) is 5.16 Å². The van der Waals surface area contributed by atoms with Crippen molar-refractivity contribution in [2.45, 2.75) is 69.5 Å². The first-order valence-electron chi connectivity index (χ1n) is 8.26. The summed E-state index contributed by atoms with van der Waals surface area (Å²) >= 11 is 1.13. The molecular formula is C16H25N3O3S. The van der Waals surface area contributed by atoms with Crippen molar-refractivity contribution in [3.63, 3.8) is 0 Å². The Morgan fingerprint density at radius 3 is 2.74 bits per heavy atom. The fourth-order valence-corrected chi connectivity index (χ4v) is 3.48. The topological polar surface area (TPSA) is 95.1 Å². The predicted molar refractivity (Wildman–Crippen MR) is 91.0 cm³/mol. The standard InChI is InChI=1S/C16H25N3O3S/c1-3-10(2)13-14(21)18-16(19-15(13)22)23-9-12(20)17-11-7-5-4-6-8-11/h10-11H,3-9H2,1-2H3,(H,17,20)(H2,18,19,21,22). The van der Waals surface area contributed by atoms with Gasteiger partial charge >= 0.3 is 0 Å². The van der Waals surface area contributed by atoms with Crippen LogP contribution in [0.5, 0.6) is 5.88 Å². The van der Waals surface area contributed by atoms with Crippen LogP contribution in [0.15, 0.2) is 9.95 Å². The Balaban J connectivity index is 1.92. The van der Waals surface area contributed by atoms with Gasteiger partial charge in [0.1, 0.15) is 0 Å². The molecule has 1 saturated carbocycles. The van der Waals surface area contributed by atoms with E-state index in [0.717, 1.165) is 43.9 Å². The van der Waals surface area contributed by atoms with Crippen molar-refractivity contribution >= 4 is 17.7 Å². The Hall–Kier alpha value is -1.50. The largest absolute Gasteiger partial charge is 0.493 e. The monoisotopic (exact) mass is 339 g/mol. The zero-order valence-electron chi connectivity index (χ0n) is 13.7. The van der Waals surface area contributed by atoms with Crippen LogP contribution in [0.2, 0.25) is 0 Å². The molecule has 1 amide bonds. The molecule has 23 heavy (non-hydrogen) atoms. The van der Waals surface area contributed by atoms with Crippen LogP contribution < -0.4 is 10.9 Å². The number of thioether (sulfide) groups is 1. The summed E-state index contributed by atoms with van der Waals surface area (Å²) in [6.07, 6.45) is 6.39. The van der Waals surface area contributed by atoms with Gasteiger partial charge in [-0.15, -0.1) is 0 Å². The summed E-state index contributed by atoms with van der Waals surface area (Å²) in [6, 6.07) is 0.269. The molecule has 1 aliphatic rings. The third-order valence-electron chi connectivity index (χ3n) is 4.33. The highest BCUT2D eigenvalue weighted by molar-refractivity contribution is 7.99. The molecule has 0 spiro atoms. The van der Waals surface area contributed by atoms with Crippen LogP contribution >= 0.6 is 11.8 Å². The number of nitrogens with zero attached hydrogens (tertiary/aromatic N) is 1. The van der Waals surface area contributed by atoms with Gasteiger partial charge in [-0.2, -0.15) is 4.98 Å². The Morgan fingerprint density at radius 2 is 2.13 bits per heavy atom. The Bertz CT molecular complexity index is 597. The number of hydrogen-bond donors (Lipinski definition) is 3. The van der Waals surface area contributed by atoms with Gasteiger partial charge in [-0.3, -0.25) is 9.59 Å². The first kappa shape index (κ1) is 17.8. The van der Waals surface area contributed by atoms with Gasteiger partial charge in [0.05, 0.1) is 11.3 Å². The minimum atomic E-state index is -0.331. The van der Waals surface area contributed by atoms with E-state index in [1.54, 1.807) is 0 Å². The Morgan fingerprint density at radius 1 is 1.43 bits per heavy atom. The summed E-state index contributed by atoms with van der Waals surface area (Å²) in [5, 5.41) is 13.2. The second-order valence-corrected chi connectivity index (χ2v) is 7.07. The lowest BCUT2D eigenvalue weighted by atomic mass is 9.95. The van der Waals surface area contributed by atoms with E-state index in [1.807, 2.05) is 13.8 Å².